The van der Waals surface area contributed by atoms with Crippen LogP contribution in [0.1, 0.15) is 19.8 Å². The first-order valence-corrected chi connectivity index (χ1v) is 5.88. The first-order valence-electron chi connectivity index (χ1n) is 4.05. The van der Waals surface area contributed by atoms with E-state index in [4.69, 9.17) is 5.11 Å². The summed E-state index contributed by atoms with van der Waals surface area (Å²) in [5, 5.41) is 8.94. The summed E-state index contributed by atoms with van der Waals surface area (Å²) in [6.45, 7) is 2.09. The maximum atomic E-state index is 10.9. The highest BCUT2D eigenvalue weighted by Gasteiger charge is 2.39. The number of carboxylic acid groups (broad SMARTS) is 1. The summed E-state index contributed by atoms with van der Waals surface area (Å²) in [4.78, 5) is 11.1. The van der Waals surface area contributed by atoms with Crippen molar-refractivity contribution in [3.05, 3.63) is 0 Å². The van der Waals surface area contributed by atoms with E-state index in [9.17, 15) is 4.79 Å². The minimum atomic E-state index is -0.703. The maximum absolute atomic E-state index is 10.9. The molecule has 4 heteroatoms. The molecule has 0 aromatic rings. The minimum Gasteiger partial charge on any atom is -0.481 e. The van der Waals surface area contributed by atoms with Crippen LogP contribution in [0.4, 0.5) is 0 Å². The number of hydrogen-bond donors (Lipinski definition) is 1. The Morgan fingerprint density at radius 3 is 2.42 bits per heavy atom. The normalized spacial score (nSPS) is 42.6. The van der Waals surface area contributed by atoms with E-state index < -0.39 is 5.97 Å². The molecule has 0 aromatic heterocycles. The average molecular weight is 300 g/mol. The van der Waals surface area contributed by atoms with Crippen LogP contribution in [0.2, 0.25) is 0 Å². The lowest BCUT2D eigenvalue weighted by atomic mass is 9.82. The van der Waals surface area contributed by atoms with E-state index in [1.165, 1.54) is 0 Å². The first kappa shape index (κ1) is 10.5. The summed E-state index contributed by atoms with van der Waals surface area (Å²) in [5.74, 6) is -0.529. The number of carbonyl (C=O) groups is 1. The molecule has 0 amide bonds. The highest BCUT2D eigenvalue weighted by Crippen LogP contribution is 2.38. The molecule has 0 aromatic carbocycles. The third-order valence-corrected chi connectivity index (χ3v) is 4.96. The molecule has 1 aliphatic rings. The van der Waals surface area contributed by atoms with Crippen LogP contribution in [0, 0.1) is 11.8 Å². The van der Waals surface area contributed by atoms with Gasteiger partial charge in [-0.2, -0.15) is 0 Å². The fraction of sp³-hybridized carbons (Fsp3) is 0.875. The van der Waals surface area contributed by atoms with Crippen molar-refractivity contribution in [1.29, 1.82) is 0 Å². The van der Waals surface area contributed by atoms with Crippen LogP contribution in [-0.2, 0) is 4.79 Å². The lowest BCUT2D eigenvalue weighted by Crippen LogP contribution is -2.39. The van der Waals surface area contributed by atoms with E-state index in [-0.39, 0.29) is 15.6 Å². The molecule has 1 N–H and O–H groups in total. The Hall–Kier alpha value is 0.430. The number of carboxylic acids is 1. The Kier molecular flexibility index (Phi) is 3.58. The summed E-state index contributed by atoms with van der Waals surface area (Å²) in [6.07, 6.45) is 2.05. The topological polar surface area (TPSA) is 37.3 Å². The van der Waals surface area contributed by atoms with Crippen molar-refractivity contribution >= 4 is 37.8 Å². The van der Waals surface area contributed by atoms with Crippen molar-refractivity contribution < 1.29 is 9.90 Å². The summed E-state index contributed by atoms with van der Waals surface area (Å²) in [7, 11) is 0. The second-order valence-corrected chi connectivity index (χ2v) is 5.61. The Bertz CT molecular complexity index is 184. The number of aliphatic carboxylic acids is 1. The highest BCUT2D eigenvalue weighted by atomic mass is 79.9. The quantitative estimate of drug-likeness (QED) is 0.756. The molecule has 1 rings (SSSR count). The lowest BCUT2D eigenvalue weighted by molar-refractivity contribution is -0.142. The van der Waals surface area contributed by atoms with Crippen molar-refractivity contribution in [2.24, 2.45) is 11.8 Å². The molecule has 4 unspecified atom stereocenters. The zero-order valence-corrected chi connectivity index (χ0v) is 10.0. The molecule has 1 aliphatic carbocycles. The van der Waals surface area contributed by atoms with E-state index >= 15 is 0 Å². The van der Waals surface area contributed by atoms with E-state index in [1.54, 1.807) is 0 Å². The predicted molar refractivity (Wildman–Crippen MR) is 55.0 cm³/mol. The number of rotatable bonds is 1. The van der Waals surface area contributed by atoms with Crippen LogP contribution in [0.3, 0.4) is 0 Å². The van der Waals surface area contributed by atoms with E-state index in [0.29, 0.717) is 5.92 Å². The van der Waals surface area contributed by atoms with Crippen LogP contribution < -0.4 is 0 Å². The molecule has 2 nitrogen and oxygen atoms in total. The van der Waals surface area contributed by atoms with Gasteiger partial charge in [0.15, 0.2) is 0 Å². The monoisotopic (exact) mass is 298 g/mol. The maximum Gasteiger partial charge on any atom is 0.308 e. The number of hydrogen-bond acceptors (Lipinski definition) is 1. The second kappa shape index (κ2) is 4.09. The first-order chi connectivity index (χ1) is 5.54. The Morgan fingerprint density at radius 2 is 2.00 bits per heavy atom. The highest BCUT2D eigenvalue weighted by molar-refractivity contribution is 9.10. The van der Waals surface area contributed by atoms with Gasteiger partial charge in [-0.05, 0) is 18.8 Å². The standard InChI is InChI=1S/C8H12Br2O2/c1-4-2-3-5(9)6(7(4)10)8(11)12/h4-7H,2-3H2,1H3,(H,11,12). The number of halogens is 2. The van der Waals surface area contributed by atoms with E-state index in [2.05, 4.69) is 38.8 Å². The summed E-state index contributed by atoms with van der Waals surface area (Å²) in [5.41, 5.74) is 0. The van der Waals surface area contributed by atoms with Gasteiger partial charge in [-0.25, -0.2) is 0 Å². The van der Waals surface area contributed by atoms with Gasteiger partial charge in [-0.3, -0.25) is 4.79 Å². The van der Waals surface area contributed by atoms with Gasteiger partial charge in [0.2, 0.25) is 0 Å². The van der Waals surface area contributed by atoms with Gasteiger partial charge < -0.3 is 5.11 Å². The van der Waals surface area contributed by atoms with Gasteiger partial charge in [-0.15, -0.1) is 0 Å². The molecule has 0 heterocycles. The zero-order valence-electron chi connectivity index (χ0n) is 6.84. The van der Waals surface area contributed by atoms with Crippen molar-refractivity contribution in [3.63, 3.8) is 0 Å². The Balaban J connectivity index is 2.71. The van der Waals surface area contributed by atoms with Gasteiger partial charge in [0.05, 0.1) is 5.92 Å². The van der Waals surface area contributed by atoms with E-state index in [1.807, 2.05) is 0 Å². The minimum absolute atomic E-state index is 0.105. The molecular formula is C8H12Br2O2. The number of alkyl halides is 2. The van der Waals surface area contributed by atoms with E-state index in [0.717, 1.165) is 12.8 Å². The summed E-state index contributed by atoms with van der Waals surface area (Å²) in [6, 6.07) is 0. The average Bonchev–Trinajstić information content (AvgIpc) is 1.97. The zero-order chi connectivity index (χ0) is 9.30. The van der Waals surface area contributed by atoms with Crippen LogP contribution in [0.15, 0.2) is 0 Å². The van der Waals surface area contributed by atoms with Crippen molar-refractivity contribution in [1.82, 2.24) is 0 Å². The molecule has 0 radical (unpaired) electrons. The van der Waals surface area contributed by atoms with Crippen LogP contribution >= 0.6 is 31.9 Å². The third-order valence-electron chi connectivity index (χ3n) is 2.46. The molecule has 4 atom stereocenters. The molecule has 0 aliphatic heterocycles. The van der Waals surface area contributed by atoms with Gasteiger partial charge >= 0.3 is 5.97 Å². The van der Waals surface area contributed by atoms with Gasteiger partial charge in [0, 0.05) is 9.65 Å². The molecule has 1 fully saturated rings. The molecule has 70 valence electrons. The molecule has 1 saturated carbocycles. The van der Waals surface area contributed by atoms with Crippen LogP contribution in [-0.4, -0.2) is 20.7 Å². The SMILES string of the molecule is CC1CCC(Br)C(C(=O)O)C1Br. The fourth-order valence-corrected chi connectivity index (χ4v) is 3.69. The van der Waals surface area contributed by atoms with Crippen LogP contribution in [0.25, 0.3) is 0 Å². The molecular weight excluding hydrogens is 288 g/mol. The summed E-state index contributed by atoms with van der Waals surface area (Å²) < 4.78 is 0. The molecule has 0 bridgehead atoms. The smallest absolute Gasteiger partial charge is 0.308 e. The molecule has 12 heavy (non-hydrogen) atoms. The second-order valence-electron chi connectivity index (χ2n) is 3.38. The van der Waals surface area contributed by atoms with Gasteiger partial charge in [0.1, 0.15) is 0 Å². The summed E-state index contributed by atoms with van der Waals surface area (Å²) >= 11 is 6.86. The Labute approximate surface area is 89.0 Å². The van der Waals surface area contributed by atoms with Crippen molar-refractivity contribution in [2.75, 3.05) is 0 Å². The van der Waals surface area contributed by atoms with Crippen molar-refractivity contribution in [2.45, 2.75) is 29.4 Å². The molecule has 0 spiro atoms. The van der Waals surface area contributed by atoms with Crippen molar-refractivity contribution in [3.8, 4) is 0 Å². The Morgan fingerprint density at radius 1 is 1.42 bits per heavy atom. The van der Waals surface area contributed by atoms with Gasteiger partial charge in [-0.1, -0.05) is 38.8 Å². The van der Waals surface area contributed by atoms with Crippen LogP contribution in [0.5, 0.6) is 0 Å². The fourth-order valence-electron chi connectivity index (χ4n) is 1.61. The largest absolute Gasteiger partial charge is 0.481 e. The lowest BCUT2D eigenvalue weighted by Gasteiger charge is -2.33. The van der Waals surface area contributed by atoms with Gasteiger partial charge in [0.25, 0.3) is 0 Å². The molecule has 0 saturated heterocycles. The predicted octanol–water partition coefficient (Wildman–Crippen LogP) is 2.64. The third kappa shape index (κ3) is 2.02.